The molecule has 68 valence electrons. The van der Waals surface area contributed by atoms with E-state index in [0.29, 0.717) is 18.4 Å². The first-order valence-electron chi connectivity index (χ1n) is 4.61. The summed E-state index contributed by atoms with van der Waals surface area (Å²) in [5.74, 6) is 0.661. The van der Waals surface area contributed by atoms with Crippen LogP contribution < -0.4 is 5.73 Å². The third-order valence-electron chi connectivity index (χ3n) is 3.73. The molecule has 3 atom stereocenters. The molecule has 0 aliphatic heterocycles. The first kappa shape index (κ1) is 8.05. The van der Waals surface area contributed by atoms with Crippen molar-refractivity contribution in [3.8, 4) is 0 Å². The molecule has 0 aromatic carbocycles. The maximum absolute atomic E-state index is 11.0. The van der Waals surface area contributed by atoms with Crippen molar-refractivity contribution in [3.63, 3.8) is 0 Å². The monoisotopic (exact) mass is 169 g/mol. The molecule has 0 amide bonds. The molecule has 1 unspecified atom stereocenters. The van der Waals surface area contributed by atoms with E-state index < -0.39 is 11.4 Å². The van der Waals surface area contributed by atoms with E-state index in [-0.39, 0.29) is 0 Å². The number of hydrogen-bond donors (Lipinski definition) is 2. The Bertz CT molecular complexity index is 203. The first-order valence-corrected chi connectivity index (χ1v) is 4.61. The smallest absolute Gasteiger partial charge is 0.310 e. The molecule has 2 aliphatic carbocycles. The third-order valence-corrected chi connectivity index (χ3v) is 3.73. The number of nitrogens with two attached hydrogens (primary N) is 1. The Morgan fingerprint density at radius 3 is 2.17 bits per heavy atom. The van der Waals surface area contributed by atoms with E-state index in [2.05, 4.69) is 0 Å². The minimum absolute atomic E-state index is 0.315. The lowest BCUT2D eigenvalue weighted by atomic mass is 9.77. The molecule has 2 rings (SSSR count). The van der Waals surface area contributed by atoms with Crippen molar-refractivity contribution in [3.05, 3.63) is 0 Å². The van der Waals surface area contributed by atoms with E-state index >= 15 is 0 Å². The van der Waals surface area contributed by atoms with Crippen LogP contribution in [0.4, 0.5) is 0 Å². The molecule has 2 saturated carbocycles. The van der Waals surface area contributed by atoms with Gasteiger partial charge in [0, 0.05) is 6.54 Å². The zero-order chi connectivity index (χ0) is 8.77. The average Bonchev–Trinajstić information content (AvgIpc) is 2.27. The van der Waals surface area contributed by atoms with Gasteiger partial charge >= 0.3 is 5.97 Å². The van der Waals surface area contributed by atoms with E-state index in [4.69, 9.17) is 10.8 Å². The zero-order valence-electron chi connectivity index (χ0n) is 7.12. The molecular weight excluding hydrogens is 154 g/mol. The van der Waals surface area contributed by atoms with Gasteiger partial charge in [-0.05, 0) is 37.5 Å². The Labute approximate surface area is 71.9 Å². The molecule has 0 radical (unpaired) electrons. The topological polar surface area (TPSA) is 63.3 Å². The zero-order valence-corrected chi connectivity index (χ0v) is 7.12. The van der Waals surface area contributed by atoms with Gasteiger partial charge in [-0.25, -0.2) is 0 Å². The number of carboxylic acids is 1. The Morgan fingerprint density at radius 2 is 1.92 bits per heavy atom. The fraction of sp³-hybridized carbons (Fsp3) is 0.889. The number of aliphatic carboxylic acids is 1. The highest BCUT2D eigenvalue weighted by Crippen LogP contribution is 2.55. The van der Waals surface area contributed by atoms with Gasteiger partial charge in [-0.2, -0.15) is 0 Å². The van der Waals surface area contributed by atoms with Gasteiger partial charge in [-0.15, -0.1) is 0 Å². The van der Waals surface area contributed by atoms with E-state index in [1.807, 2.05) is 0 Å². The largest absolute Gasteiger partial charge is 0.481 e. The van der Waals surface area contributed by atoms with Crippen LogP contribution in [0.3, 0.4) is 0 Å². The molecule has 3 heteroatoms. The van der Waals surface area contributed by atoms with Gasteiger partial charge in [-0.1, -0.05) is 0 Å². The lowest BCUT2D eigenvalue weighted by Gasteiger charge is -2.29. The van der Waals surface area contributed by atoms with E-state index in [1.54, 1.807) is 0 Å². The van der Waals surface area contributed by atoms with Gasteiger partial charge in [0.15, 0.2) is 0 Å². The number of rotatable bonds is 2. The van der Waals surface area contributed by atoms with Crippen molar-refractivity contribution in [2.24, 2.45) is 23.0 Å². The Balaban J connectivity index is 2.14. The second-order valence-electron chi connectivity index (χ2n) is 4.30. The van der Waals surface area contributed by atoms with Gasteiger partial charge in [0.2, 0.25) is 0 Å². The fourth-order valence-electron chi connectivity index (χ4n) is 2.69. The highest BCUT2D eigenvalue weighted by molar-refractivity contribution is 5.75. The number of hydrogen-bond acceptors (Lipinski definition) is 2. The van der Waals surface area contributed by atoms with E-state index in [1.165, 1.54) is 12.8 Å². The van der Waals surface area contributed by atoms with Crippen LogP contribution >= 0.6 is 0 Å². The maximum atomic E-state index is 11.0. The van der Waals surface area contributed by atoms with Crippen LogP contribution in [0.1, 0.15) is 25.7 Å². The predicted molar refractivity (Wildman–Crippen MR) is 44.6 cm³/mol. The average molecular weight is 169 g/mol. The molecule has 2 fully saturated rings. The van der Waals surface area contributed by atoms with Crippen molar-refractivity contribution in [1.82, 2.24) is 0 Å². The molecule has 3 nitrogen and oxygen atoms in total. The second kappa shape index (κ2) is 2.46. The molecule has 3 N–H and O–H groups in total. The summed E-state index contributed by atoms with van der Waals surface area (Å²) in [6, 6.07) is 0. The molecule has 0 heterocycles. The normalized spacial score (nSPS) is 45.1. The van der Waals surface area contributed by atoms with Crippen molar-refractivity contribution in [2.45, 2.75) is 25.7 Å². The highest BCUT2D eigenvalue weighted by atomic mass is 16.4. The number of carbonyl (C=O) groups is 1. The summed E-state index contributed by atoms with van der Waals surface area (Å²) in [6.45, 7) is 0.315. The summed E-state index contributed by atoms with van der Waals surface area (Å²) in [7, 11) is 0. The first-order chi connectivity index (χ1) is 5.68. The second-order valence-corrected chi connectivity index (χ2v) is 4.30. The molecule has 0 spiro atoms. The van der Waals surface area contributed by atoms with Crippen LogP contribution in [0.2, 0.25) is 0 Å². The molecule has 0 aromatic rings. The van der Waals surface area contributed by atoms with Crippen LogP contribution in [-0.4, -0.2) is 17.6 Å². The van der Waals surface area contributed by atoms with Crippen LogP contribution in [0.25, 0.3) is 0 Å². The molecule has 0 saturated heterocycles. The summed E-state index contributed by atoms with van der Waals surface area (Å²) < 4.78 is 0. The van der Waals surface area contributed by atoms with Crippen molar-refractivity contribution in [2.75, 3.05) is 6.54 Å². The van der Waals surface area contributed by atoms with E-state index in [0.717, 1.165) is 12.8 Å². The standard InChI is InChI=1S/C9H15NO2/c10-5-9(8(11)12)3-6-1-2-7(6)4-9/h6-7H,1-5,10H2,(H,11,12)/t6-,7+,9?. The number of carboxylic acid groups (broad SMARTS) is 1. The van der Waals surface area contributed by atoms with Crippen LogP contribution in [0, 0.1) is 17.3 Å². The lowest BCUT2D eigenvalue weighted by molar-refractivity contribution is -0.148. The van der Waals surface area contributed by atoms with Gasteiger partial charge in [0.25, 0.3) is 0 Å². The van der Waals surface area contributed by atoms with Gasteiger partial charge in [0.05, 0.1) is 5.41 Å². The highest BCUT2D eigenvalue weighted by Gasteiger charge is 2.52. The Morgan fingerprint density at radius 1 is 1.42 bits per heavy atom. The van der Waals surface area contributed by atoms with Crippen LogP contribution in [0.15, 0.2) is 0 Å². The van der Waals surface area contributed by atoms with Crippen molar-refractivity contribution in [1.29, 1.82) is 0 Å². The Hall–Kier alpha value is -0.570. The molecule has 0 aromatic heterocycles. The van der Waals surface area contributed by atoms with Crippen LogP contribution in [-0.2, 0) is 4.79 Å². The van der Waals surface area contributed by atoms with Gasteiger partial charge < -0.3 is 10.8 Å². The fourth-order valence-corrected chi connectivity index (χ4v) is 2.69. The summed E-state index contributed by atoms with van der Waals surface area (Å²) in [6.07, 6.45) is 4.09. The lowest BCUT2D eigenvalue weighted by Crippen LogP contribution is -2.36. The molecular formula is C9H15NO2. The predicted octanol–water partition coefficient (Wildman–Crippen LogP) is 0.836. The summed E-state index contributed by atoms with van der Waals surface area (Å²) in [5, 5.41) is 9.05. The summed E-state index contributed by atoms with van der Waals surface area (Å²) in [5.41, 5.74) is 4.98. The SMILES string of the molecule is NCC1(C(=O)O)C[C@H]2CC[C@H]2C1. The minimum atomic E-state index is -0.681. The van der Waals surface area contributed by atoms with E-state index in [9.17, 15) is 4.79 Å². The van der Waals surface area contributed by atoms with Gasteiger partial charge in [-0.3, -0.25) is 4.79 Å². The summed E-state index contributed by atoms with van der Waals surface area (Å²) in [4.78, 5) is 11.0. The summed E-state index contributed by atoms with van der Waals surface area (Å²) >= 11 is 0. The van der Waals surface area contributed by atoms with Crippen molar-refractivity contribution < 1.29 is 9.90 Å². The maximum Gasteiger partial charge on any atom is 0.310 e. The van der Waals surface area contributed by atoms with Crippen molar-refractivity contribution >= 4 is 5.97 Å². The molecule has 2 aliphatic rings. The Kier molecular flexibility index (Phi) is 1.65. The number of fused-ring (bicyclic) bond motifs is 1. The quantitative estimate of drug-likeness (QED) is 0.643. The third kappa shape index (κ3) is 0.891. The van der Waals surface area contributed by atoms with Crippen LogP contribution in [0.5, 0.6) is 0 Å². The van der Waals surface area contributed by atoms with Gasteiger partial charge in [0.1, 0.15) is 0 Å². The minimum Gasteiger partial charge on any atom is -0.481 e. The molecule has 0 bridgehead atoms. The molecule has 12 heavy (non-hydrogen) atoms.